The van der Waals surface area contributed by atoms with Gasteiger partial charge in [-0.1, -0.05) is 23.4 Å². The van der Waals surface area contributed by atoms with E-state index >= 15 is 0 Å². The van der Waals surface area contributed by atoms with Crippen LogP contribution < -0.4 is 4.72 Å². The highest BCUT2D eigenvalue weighted by Gasteiger charge is 2.20. The van der Waals surface area contributed by atoms with E-state index in [1.54, 1.807) is 55.5 Å². The number of nitrogens with zero attached hydrogens (tertiary/aromatic N) is 4. The Bertz CT molecular complexity index is 1080. The van der Waals surface area contributed by atoms with Crippen LogP contribution in [0.3, 0.4) is 0 Å². The molecule has 0 aliphatic rings. The van der Waals surface area contributed by atoms with Crippen molar-refractivity contribution in [3.05, 3.63) is 59.1 Å². The van der Waals surface area contributed by atoms with Crippen LogP contribution in [0.1, 0.15) is 17.3 Å². The molecule has 146 valence electrons. The SMILES string of the molecule is C[C@@H](Sc1nnnn1-c1ccc(Cl)cc1)C(=O)c1ccc(NS(C)(=O)=O)cc1. The first-order chi connectivity index (χ1) is 13.2. The minimum atomic E-state index is -3.37. The van der Waals surface area contributed by atoms with Gasteiger partial charge in [-0.3, -0.25) is 9.52 Å². The Kier molecular flexibility index (Phi) is 6.01. The Morgan fingerprint density at radius 2 is 1.79 bits per heavy atom. The Balaban J connectivity index is 1.73. The minimum Gasteiger partial charge on any atom is -0.293 e. The van der Waals surface area contributed by atoms with Crippen molar-refractivity contribution in [1.82, 2.24) is 20.2 Å². The van der Waals surface area contributed by atoms with E-state index in [9.17, 15) is 13.2 Å². The Hall–Kier alpha value is -2.43. The van der Waals surface area contributed by atoms with Gasteiger partial charge in [0.05, 0.1) is 17.2 Å². The van der Waals surface area contributed by atoms with Crippen molar-refractivity contribution in [2.45, 2.75) is 17.3 Å². The highest BCUT2D eigenvalue weighted by Crippen LogP contribution is 2.26. The second-order valence-electron chi connectivity index (χ2n) is 5.93. The van der Waals surface area contributed by atoms with Gasteiger partial charge in [-0.05, 0) is 65.9 Å². The van der Waals surface area contributed by atoms with Crippen molar-refractivity contribution < 1.29 is 13.2 Å². The van der Waals surface area contributed by atoms with Gasteiger partial charge >= 0.3 is 0 Å². The van der Waals surface area contributed by atoms with Crippen molar-refractivity contribution >= 4 is 44.9 Å². The van der Waals surface area contributed by atoms with Crippen LogP contribution in [0.5, 0.6) is 0 Å². The summed E-state index contributed by atoms with van der Waals surface area (Å²) in [6.07, 6.45) is 1.07. The molecule has 0 bridgehead atoms. The molecular weight excluding hydrogens is 422 g/mol. The first kappa shape index (κ1) is 20.3. The molecule has 1 aromatic heterocycles. The number of anilines is 1. The molecule has 1 atom stereocenters. The summed E-state index contributed by atoms with van der Waals surface area (Å²) in [5, 5.41) is 12.3. The van der Waals surface area contributed by atoms with Gasteiger partial charge in [-0.15, -0.1) is 5.10 Å². The lowest BCUT2D eigenvalue weighted by molar-refractivity contribution is 0.0994. The van der Waals surface area contributed by atoms with E-state index in [0.29, 0.717) is 21.4 Å². The van der Waals surface area contributed by atoms with Crippen LogP contribution in [-0.4, -0.2) is 45.9 Å². The first-order valence-electron chi connectivity index (χ1n) is 8.06. The first-order valence-corrected chi connectivity index (χ1v) is 11.2. The predicted molar refractivity (Wildman–Crippen MR) is 109 cm³/mol. The fourth-order valence-electron chi connectivity index (χ4n) is 2.36. The van der Waals surface area contributed by atoms with Crippen molar-refractivity contribution in [2.24, 2.45) is 0 Å². The lowest BCUT2D eigenvalue weighted by Gasteiger charge is -2.11. The number of sulfonamides is 1. The number of benzene rings is 2. The van der Waals surface area contributed by atoms with E-state index in [2.05, 4.69) is 20.2 Å². The third-order valence-electron chi connectivity index (χ3n) is 3.64. The number of hydrogen-bond donors (Lipinski definition) is 1. The zero-order chi connectivity index (χ0) is 20.3. The minimum absolute atomic E-state index is 0.124. The summed E-state index contributed by atoms with van der Waals surface area (Å²) in [5.41, 5.74) is 1.59. The third kappa shape index (κ3) is 5.09. The largest absolute Gasteiger partial charge is 0.293 e. The van der Waals surface area contributed by atoms with Gasteiger partial charge in [0.25, 0.3) is 0 Å². The molecule has 0 saturated heterocycles. The number of thioether (sulfide) groups is 1. The number of carbonyl (C=O) groups is 1. The van der Waals surface area contributed by atoms with E-state index < -0.39 is 15.3 Å². The molecule has 0 unspecified atom stereocenters. The average Bonchev–Trinajstić information content (AvgIpc) is 3.09. The van der Waals surface area contributed by atoms with E-state index in [1.165, 1.54) is 16.4 Å². The van der Waals surface area contributed by atoms with E-state index in [4.69, 9.17) is 11.6 Å². The highest BCUT2D eigenvalue weighted by molar-refractivity contribution is 8.00. The topological polar surface area (TPSA) is 107 Å². The third-order valence-corrected chi connectivity index (χ3v) is 5.53. The summed E-state index contributed by atoms with van der Waals surface area (Å²) in [5.74, 6) is -0.124. The number of Topliss-reactive ketones (excluding diaryl/α,β-unsaturated/α-hetero) is 1. The number of hydrogen-bond acceptors (Lipinski definition) is 7. The normalized spacial score (nSPS) is 12.5. The number of nitrogens with one attached hydrogen (secondary N) is 1. The highest BCUT2D eigenvalue weighted by atomic mass is 35.5. The molecule has 1 N–H and O–H groups in total. The van der Waals surface area contributed by atoms with Gasteiger partial charge in [-0.25, -0.2) is 8.42 Å². The lowest BCUT2D eigenvalue weighted by atomic mass is 10.1. The summed E-state index contributed by atoms with van der Waals surface area (Å²) >= 11 is 7.13. The summed E-state index contributed by atoms with van der Waals surface area (Å²) < 4.78 is 26.4. The van der Waals surface area contributed by atoms with Gasteiger partial charge in [0, 0.05) is 16.3 Å². The summed E-state index contributed by atoms with van der Waals surface area (Å²) in [6.45, 7) is 1.76. The van der Waals surface area contributed by atoms with Crippen LogP contribution >= 0.6 is 23.4 Å². The Morgan fingerprint density at radius 1 is 1.14 bits per heavy atom. The number of carbonyl (C=O) groups excluding carboxylic acids is 1. The van der Waals surface area contributed by atoms with Gasteiger partial charge in [0.1, 0.15) is 0 Å². The molecule has 28 heavy (non-hydrogen) atoms. The molecule has 0 fully saturated rings. The zero-order valence-electron chi connectivity index (χ0n) is 14.9. The molecule has 0 aliphatic carbocycles. The molecular formula is C17H16ClN5O3S2. The molecule has 0 amide bonds. The maximum Gasteiger partial charge on any atom is 0.229 e. The Morgan fingerprint density at radius 3 is 2.39 bits per heavy atom. The van der Waals surface area contributed by atoms with Crippen LogP contribution in [0.2, 0.25) is 5.02 Å². The number of halogens is 1. The number of aromatic nitrogens is 4. The molecule has 3 aromatic rings. The lowest BCUT2D eigenvalue weighted by Crippen LogP contribution is -2.15. The molecule has 0 aliphatic heterocycles. The van der Waals surface area contributed by atoms with Crippen molar-refractivity contribution in [3.63, 3.8) is 0 Å². The van der Waals surface area contributed by atoms with Crippen LogP contribution in [0, 0.1) is 0 Å². The van der Waals surface area contributed by atoms with E-state index in [0.717, 1.165) is 11.9 Å². The van der Waals surface area contributed by atoms with Crippen LogP contribution in [0.25, 0.3) is 5.69 Å². The molecule has 3 rings (SSSR count). The second-order valence-corrected chi connectivity index (χ2v) is 9.42. The number of rotatable bonds is 7. The standard InChI is InChI=1S/C17H16ClN5O3S2/c1-11(16(24)12-3-7-14(8-4-12)20-28(2,25)26)27-17-19-21-22-23(17)15-9-5-13(18)6-10-15/h3-11,20H,1-2H3/t11-/m1/s1. The quantitative estimate of drug-likeness (QED) is 0.447. The Labute approximate surface area is 171 Å². The summed E-state index contributed by atoms with van der Waals surface area (Å²) in [6, 6.07) is 13.3. The molecule has 0 radical (unpaired) electrons. The fourth-order valence-corrected chi connectivity index (χ4v) is 3.93. The number of ketones is 1. The van der Waals surface area contributed by atoms with Gasteiger partial charge in [0.2, 0.25) is 15.2 Å². The zero-order valence-corrected chi connectivity index (χ0v) is 17.3. The maximum atomic E-state index is 12.7. The van der Waals surface area contributed by atoms with E-state index in [-0.39, 0.29) is 5.78 Å². The van der Waals surface area contributed by atoms with Gasteiger partial charge < -0.3 is 0 Å². The molecule has 0 saturated carbocycles. The summed E-state index contributed by atoms with van der Waals surface area (Å²) in [7, 11) is -3.37. The average molecular weight is 438 g/mol. The van der Waals surface area contributed by atoms with Crippen molar-refractivity contribution in [1.29, 1.82) is 0 Å². The van der Waals surface area contributed by atoms with Crippen molar-refractivity contribution in [3.8, 4) is 5.69 Å². The predicted octanol–water partition coefficient (Wildman–Crippen LogP) is 3.05. The summed E-state index contributed by atoms with van der Waals surface area (Å²) in [4.78, 5) is 12.7. The van der Waals surface area contributed by atoms with Crippen LogP contribution in [0.4, 0.5) is 5.69 Å². The fraction of sp³-hybridized carbons (Fsp3) is 0.176. The van der Waals surface area contributed by atoms with E-state index in [1.807, 2.05) is 0 Å². The maximum absolute atomic E-state index is 12.7. The molecule has 8 nitrogen and oxygen atoms in total. The van der Waals surface area contributed by atoms with Crippen LogP contribution in [0.15, 0.2) is 53.7 Å². The van der Waals surface area contributed by atoms with Gasteiger partial charge in [-0.2, -0.15) is 4.68 Å². The smallest absolute Gasteiger partial charge is 0.229 e. The van der Waals surface area contributed by atoms with Crippen LogP contribution in [-0.2, 0) is 10.0 Å². The molecule has 0 spiro atoms. The monoisotopic (exact) mass is 437 g/mol. The second kappa shape index (κ2) is 8.29. The number of tetrazole rings is 1. The molecule has 11 heteroatoms. The van der Waals surface area contributed by atoms with Crippen molar-refractivity contribution in [2.75, 3.05) is 11.0 Å². The molecule has 1 heterocycles. The van der Waals surface area contributed by atoms with Gasteiger partial charge in [0.15, 0.2) is 5.78 Å². The molecule has 2 aromatic carbocycles.